The summed E-state index contributed by atoms with van der Waals surface area (Å²) in [6.07, 6.45) is 0.496. The summed E-state index contributed by atoms with van der Waals surface area (Å²) in [7, 11) is 0. The summed E-state index contributed by atoms with van der Waals surface area (Å²) in [5, 5.41) is 8.40. The average Bonchev–Trinajstić information content (AvgIpc) is 2.17. The van der Waals surface area contributed by atoms with Crippen LogP contribution in [0.15, 0.2) is 18.2 Å². The molecule has 0 saturated carbocycles. The monoisotopic (exact) mass is 202 g/mol. The number of aldehydes is 1. The van der Waals surface area contributed by atoms with Crippen molar-refractivity contribution in [1.82, 2.24) is 0 Å². The first kappa shape index (κ1) is 11.0. The number of hydrogen-bond donors (Lipinski definition) is 1. The van der Waals surface area contributed by atoms with Gasteiger partial charge in [0.25, 0.3) is 0 Å². The second-order valence-electron chi connectivity index (χ2n) is 3.08. The highest BCUT2D eigenvalue weighted by molar-refractivity contribution is 5.80. The first-order chi connectivity index (χ1) is 7.13. The van der Waals surface area contributed by atoms with Crippen LogP contribution in [0.2, 0.25) is 0 Å². The van der Waals surface area contributed by atoms with Gasteiger partial charge in [0.15, 0.2) is 6.29 Å². The molecule has 0 fully saturated rings. The lowest BCUT2D eigenvalue weighted by atomic mass is 10.1. The molecule has 1 aromatic carbocycles. The predicted octanol–water partition coefficient (Wildman–Crippen LogP) is 1.63. The van der Waals surface area contributed by atoms with Gasteiger partial charge in [0.05, 0.1) is 0 Å². The Morgan fingerprint density at radius 1 is 1.53 bits per heavy atom. The van der Waals surface area contributed by atoms with E-state index in [9.17, 15) is 9.59 Å². The average molecular weight is 202 g/mol. The molecular weight excluding hydrogens is 192 g/mol. The molecule has 1 N–H and O–H groups in total. The fourth-order valence-corrected chi connectivity index (χ4v) is 1.10. The molecule has 3 nitrogen and oxygen atoms in total. The third kappa shape index (κ3) is 3.28. The summed E-state index contributed by atoms with van der Waals surface area (Å²) in [4.78, 5) is 20.9. The van der Waals surface area contributed by atoms with E-state index in [-0.39, 0.29) is 6.42 Å². The predicted molar refractivity (Wildman–Crippen MR) is 55.7 cm³/mol. The summed E-state index contributed by atoms with van der Waals surface area (Å²) in [5.74, 6) is 4.20. The van der Waals surface area contributed by atoms with Crippen LogP contribution in [0.1, 0.15) is 27.9 Å². The van der Waals surface area contributed by atoms with Gasteiger partial charge in [-0.15, -0.1) is 0 Å². The van der Waals surface area contributed by atoms with E-state index >= 15 is 0 Å². The van der Waals surface area contributed by atoms with Crippen molar-refractivity contribution in [2.24, 2.45) is 0 Å². The molecule has 0 unspecified atom stereocenters. The number of carbonyl (C=O) groups excluding carboxylic acids is 1. The van der Waals surface area contributed by atoms with Crippen molar-refractivity contribution in [3.8, 4) is 11.8 Å². The number of benzene rings is 1. The van der Waals surface area contributed by atoms with Crippen LogP contribution < -0.4 is 0 Å². The molecule has 1 rings (SSSR count). The summed E-state index contributed by atoms with van der Waals surface area (Å²) in [6.45, 7) is 1.89. The maximum Gasteiger partial charge on any atom is 0.315 e. The SMILES string of the molecule is Cc1ccc(C=O)c(C#CCC(=O)O)c1. The molecule has 3 heteroatoms. The van der Waals surface area contributed by atoms with Crippen LogP contribution in [-0.2, 0) is 4.79 Å². The lowest BCUT2D eigenvalue weighted by Crippen LogP contribution is -1.92. The highest BCUT2D eigenvalue weighted by Crippen LogP contribution is 2.08. The van der Waals surface area contributed by atoms with Crippen molar-refractivity contribution in [2.75, 3.05) is 0 Å². The van der Waals surface area contributed by atoms with Crippen LogP contribution in [0.4, 0.5) is 0 Å². The molecule has 0 spiro atoms. The second-order valence-corrected chi connectivity index (χ2v) is 3.08. The Hall–Kier alpha value is -2.08. The maximum absolute atomic E-state index is 10.7. The van der Waals surface area contributed by atoms with Crippen molar-refractivity contribution in [3.63, 3.8) is 0 Å². The minimum atomic E-state index is -0.970. The van der Waals surface area contributed by atoms with Gasteiger partial charge in [0.2, 0.25) is 0 Å². The number of carboxylic acid groups (broad SMARTS) is 1. The van der Waals surface area contributed by atoms with Gasteiger partial charge in [-0.25, -0.2) is 0 Å². The van der Waals surface area contributed by atoms with Crippen molar-refractivity contribution >= 4 is 12.3 Å². The van der Waals surface area contributed by atoms with Gasteiger partial charge in [-0.3, -0.25) is 9.59 Å². The number of aryl methyl sites for hydroxylation is 1. The molecule has 0 atom stereocenters. The summed E-state index contributed by atoms with van der Waals surface area (Å²) in [5.41, 5.74) is 2.05. The molecule has 0 aliphatic carbocycles. The van der Waals surface area contributed by atoms with E-state index < -0.39 is 5.97 Å². The first-order valence-electron chi connectivity index (χ1n) is 4.40. The standard InChI is InChI=1S/C12H10O3/c1-9-5-6-11(8-13)10(7-9)3-2-4-12(14)15/h5-8H,4H2,1H3,(H,14,15). The van der Waals surface area contributed by atoms with E-state index in [1.165, 1.54) is 0 Å². The smallest absolute Gasteiger partial charge is 0.315 e. The minimum Gasteiger partial charge on any atom is -0.481 e. The summed E-state index contributed by atoms with van der Waals surface area (Å²) >= 11 is 0. The molecule has 15 heavy (non-hydrogen) atoms. The third-order valence-electron chi connectivity index (χ3n) is 1.80. The van der Waals surface area contributed by atoms with E-state index in [4.69, 9.17) is 5.11 Å². The van der Waals surface area contributed by atoms with Gasteiger partial charge < -0.3 is 5.11 Å². The van der Waals surface area contributed by atoms with Crippen LogP contribution >= 0.6 is 0 Å². The van der Waals surface area contributed by atoms with Crippen LogP contribution in [0.3, 0.4) is 0 Å². The molecule has 76 valence electrons. The Morgan fingerprint density at radius 2 is 2.27 bits per heavy atom. The Balaban J connectivity index is 2.99. The largest absolute Gasteiger partial charge is 0.481 e. The Labute approximate surface area is 87.7 Å². The van der Waals surface area contributed by atoms with Gasteiger partial charge in [-0.2, -0.15) is 0 Å². The molecule has 0 aromatic heterocycles. The normalized spacial score (nSPS) is 8.87. The molecule has 0 radical (unpaired) electrons. The van der Waals surface area contributed by atoms with Gasteiger partial charge >= 0.3 is 5.97 Å². The van der Waals surface area contributed by atoms with Crippen LogP contribution in [0.25, 0.3) is 0 Å². The fourth-order valence-electron chi connectivity index (χ4n) is 1.10. The number of aliphatic carboxylic acids is 1. The topological polar surface area (TPSA) is 54.4 Å². The number of carbonyl (C=O) groups is 2. The molecule has 0 aliphatic rings. The van der Waals surface area contributed by atoms with Crippen molar-refractivity contribution in [2.45, 2.75) is 13.3 Å². The zero-order chi connectivity index (χ0) is 11.3. The zero-order valence-electron chi connectivity index (χ0n) is 8.28. The lowest BCUT2D eigenvalue weighted by molar-refractivity contribution is -0.135. The van der Waals surface area contributed by atoms with E-state index in [0.717, 1.165) is 5.56 Å². The van der Waals surface area contributed by atoms with Gasteiger partial charge in [-0.1, -0.05) is 24.0 Å². The zero-order valence-corrected chi connectivity index (χ0v) is 8.28. The van der Waals surface area contributed by atoms with Crippen molar-refractivity contribution in [3.05, 3.63) is 34.9 Å². The number of carboxylic acids is 1. The van der Waals surface area contributed by atoms with Gasteiger partial charge in [0.1, 0.15) is 6.42 Å². The molecule has 0 saturated heterocycles. The molecule has 0 amide bonds. The molecule has 0 aliphatic heterocycles. The Bertz CT molecular complexity index is 450. The van der Waals surface area contributed by atoms with Crippen molar-refractivity contribution < 1.29 is 14.7 Å². The third-order valence-corrected chi connectivity index (χ3v) is 1.80. The fraction of sp³-hybridized carbons (Fsp3) is 0.167. The maximum atomic E-state index is 10.7. The molecule has 1 aromatic rings. The Kier molecular flexibility index (Phi) is 3.64. The number of hydrogen-bond acceptors (Lipinski definition) is 2. The lowest BCUT2D eigenvalue weighted by Gasteiger charge is -1.97. The van der Waals surface area contributed by atoms with Crippen LogP contribution in [0, 0.1) is 18.8 Å². The molecular formula is C12H10O3. The van der Waals surface area contributed by atoms with E-state index in [0.29, 0.717) is 17.4 Å². The van der Waals surface area contributed by atoms with E-state index in [1.54, 1.807) is 12.1 Å². The number of rotatable bonds is 2. The van der Waals surface area contributed by atoms with Crippen molar-refractivity contribution in [1.29, 1.82) is 0 Å². The molecule has 0 bridgehead atoms. The summed E-state index contributed by atoms with van der Waals surface area (Å²) < 4.78 is 0. The minimum absolute atomic E-state index is 0.216. The van der Waals surface area contributed by atoms with Crippen LogP contribution in [0.5, 0.6) is 0 Å². The first-order valence-corrected chi connectivity index (χ1v) is 4.40. The summed E-state index contributed by atoms with van der Waals surface area (Å²) in [6, 6.07) is 5.25. The second kappa shape index (κ2) is 4.97. The van der Waals surface area contributed by atoms with Crippen LogP contribution in [-0.4, -0.2) is 17.4 Å². The quantitative estimate of drug-likeness (QED) is 0.585. The highest BCUT2D eigenvalue weighted by atomic mass is 16.4. The van der Waals surface area contributed by atoms with E-state index in [1.807, 2.05) is 13.0 Å². The van der Waals surface area contributed by atoms with Gasteiger partial charge in [0, 0.05) is 11.1 Å². The highest BCUT2D eigenvalue weighted by Gasteiger charge is 1.98. The van der Waals surface area contributed by atoms with E-state index in [2.05, 4.69) is 11.8 Å². The van der Waals surface area contributed by atoms with Gasteiger partial charge in [-0.05, 0) is 18.6 Å². The molecule has 0 heterocycles. The Morgan fingerprint density at radius 3 is 2.87 bits per heavy atom.